The molecule has 0 aromatic heterocycles. The summed E-state index contributed by atoms with van der Waals surface area (Å²) in [5.74, 6) is 1.90. The predicted octanol–water partition coefficient (Wildman–Crippen LogP) is 10.2. The molecule has 0 aliphatic rings. The molecular formula is C45H36O14S4. The number of rotatable bonds is 17. The molecule has 0 unspecified atom stereocenters. The number of hydrogen-bond acceptors (Lipinski definition) is 14. The summed E-state index contributed by atoms with van der Waals surface area (Å²) in [5, 5.41) is 12.6. The summed E-state index contributed by atoms with van der Waals surface area (Å²) < 4.78 is 116. The van der Waals surface area contributed by atoms with Crippen molar-refractivity contribution >= 4 is 41.8 Å². The van der Waals surface area contributed by atoms with Crippen LogP contribution in [0.3, 0.4) is 0 Å². The van der Waals surface area contributed by atoms with Gasteiger partial charge in [-0.2, -0.15) is 8.42 Å². The maximum atomic E-state index is 13.8. The first-order valence-corrected chi connectivity index (χ1v) is 23.7. The Morgan fingerprint density at radius 2 is 0.984 bits per heavy atom. The van der Waals surface area contributed by atoms with Crippen LogP contribution >= 0.6 is 12.0 Å². The molecule has 63 heavy (non-hydrogen) atoms. The highest BCUT2D eigenvalue weighted by Crippen LogP contribution is 2.36. The smallest absolute Gasteiger partial charge is 0.298 e. The van der Waals surface area contributed by atoms with Crippen molar-refractivity contribution in [2.45, 2.75) is 42.9 Å². The van der Waals surface area contributed by atoms with Crippen LogP contribution in [0, 0.1) is 6.92 Å². The first-order chi connectivity index (χ1) is 30.1. The van der Waals surface area contributed by atoms with Crippen LogP contribution in [0.15, 0.2) is 187 Å². The largest absolute Gasteiger partial charge is 0.497 e. The van der Waals surface area contributed by atoms with E-state index in [-0.39, 0.29) is 37.7 Å². The van der Waals surface area contributed by atoms with Gasteiger partial charge in [0.25, 0.3) is 10.1 Å². The molecule has 7 aromatic carbocycles. The fraction of sp³-hybridized carbons (Fsp3) is 0.0667. The lowest BCUT2D eigenvalue weighted by Crippen LogP contribution is -2.07. The molecule has 2 N–H and O–H groups in total. The molecule has 7 rings (SSSR count). The second-order valence-corrected chi connectivity index (χ2v) is 19.6. The first kappa shape index (κ1) is 44.8. The van der Waals surface area contributed by atoms with Crippen LogP contribution in [-0.4, -0.2) is 42.2 Å². The van der Waals surface area contributed by atoms with Gasteiger partial charge in [0.1, 0.15) is 46.0 Å². The van der Waals surface area contributed by atoms with E-state index in [0.717, 1.165) is 34.9 Å². The van der Waals surface area contributed by atoms with Crippen molar-refractivity contribution < 1.29 is 63.4 Å². The maximum absolute atomic E-state index is 13.8. The lowest BCUT2D eigenvalue weighted by Gasteiger charge is -2.14. The Kier molecular flexibility index (Phi) is 13.5. The quantitative estimate of drug-likeness (QED) is 0.0378. The Balaban J connectivity index is 1.01. The normalized spacial score (nSPS) is 11.8. The van der Waals surface area contributed by atoms with E-state index in [1.54, 1.807) is 72.8 Å². The number of ether oxygens (including phenoxy) is 4. The molecule has 0 atom stereocenters. The van der Waals surface area contributed by atoms with Gasteiger partial charge in [-0.25, -0.2) is 22.1 Å². The van der Waals surface area contributed by atoms with Crippen LogP contribution in [0.4, 0.5) is 0 Å². The zero-order chi connectivity index (χ0) is 44.8. The molecular weight excluding hydrogens is 893 g/mol. The van der Waals surface area contributed by atoms with Crippen LogP contribution in [0.5, 0.6) is 34.5 Å². The topological polar surface area (TPSA) is 198 Å². The van der Waals surface area contributed by atoms with Crippen molar-refractivity contribution in [2.24, 2.45) is 0 Å². The second kappa shape index (κ2) is 19.0. The molecule has 0 saturated heterocycles. The van der Waals surface area contributed by atoms with Gasteiger partial charge >= 0.3 is 0 Å². The summed E-state index contributed by atoms with van der Waals surface area (Å²) in [4.78, 5) is -0.954. The highest BCUT2D eigenvalue weighted by Gasteiger charge is 2.26. The zero-order valence-electron chi connectivity index (χ0n) is 33.1. The van der Waals surface area contributed by atoms with Gasteiger partial charge in [0.05, 0.1) is 38.7 Å². The highest BCUT2D eigenvalue weighted by molar-refractivity contribution is 7.94. The Hall–Kier alpha value is -6.22. The lowest BCUT2D eigenvalue weighted by atomic mass is 10.1. The SMILES string of the molecule is COc1ccc(Oc2ccc(S(=O)(=O)c3ccc(COc4ccc(-c5ccc(Oc6ccc(S(=O)(=O)c7ccc(C)cc7)cc6)cc5)cc4)c(SOOO)c3)cc2S(=O)(=O)O)cc1. The van der Waals surface area contributed by atoms with Crippen molar-refractivity contribution in [3.8, 4) is 45.6 Å². The number of benzene rings is 7. The molecule has 0 heterocycles. The van der Waals surface area contributed by atoms with Gasteiger partial charge in [0.15, 0.2) is 0 Å². The molecule has 0 bridgehead atoms. The van der Waals surface area contributed by atoms with E-state index in [4.69, 9.17) is 24.2 Å². The van der Waals surface area contributed by atoms with Crippen molar-refractivity contribution in [1.29, 1.82) is 0 Å². The van der Waals surface area contributed by atoms with E-state index >= 15 is 0 Å². The number of aryl methyl sites for hydroxylation is 1. The lowest BCUT2D eigenvalue weighted by molar-refractivity contribution is -0.432. The minimum atomic E-state index is -4.95. The average Bonchev–Trinajstić information content (AvgIpc) is 3.28. The van der Waals surface area contributed by atoms with Gasteiger partial charge in [-0.1, -0.05) is 53.1 Å². The summed E-state index contributed by atoms with van der Waals surface area (Å²) in [6, 6.07) is 40.6. The summed E-state index contributed by atoms with van der Waals surface area (Å²) in [5.41, 5.74) is 3.16. The van der Waals surface area contributed by atoms with Gasteiger partial charge in [0, 0.05) is 10.5 Å². The Labute approximate surface area is 367 Å². The van der Waals surface area contributed by atoms with Gasteiger partial charge in [-0.3, -0.25) is 4.55 Å². The molecule has 0 aliphatic carbocycles. The van der Waals surface area contributed by atoms with Crippen LogP contribution < -0.4 is 18.9 Å². The van der Waals surface area contributed by atoms with Crippen molar-refractivity contribution in [3.63, 3.8) is 0 Å². The van der Waals surface area contributed by atoms with Gasteiger partial charge in [-0.15, -0.1) is 4.33 Å². The van der Waals surface area contributed by atoms with E-state index in [1.165, 1.54) is 49.6 Å². The van der Waals surface area contributed by atoms with Crippen molar-refractivity contribution in [3.05, 3.63) is 169 Å². The molecule has 0 saturated carbocycles. The second-order valence-electron chi connectivity index (χ2n) is 13.6. The van der Waals surface area contributed by atoms with E-state index in [1.807, 2.05) is 31.2 Å². The molecule has 0 spiro atoms. The Morgan fingerprint density at radius 3 is 1.56 bits per heavy atom. The molecule has 0 amide bonds. The average molecular weight is 929 g/mol. The Bertz CT molecular complexity index is 3050. The summed E-state index contributed by atoms with van der Waals surface area (Å²) in [6.07, 6.45) is 0. The molecule has 18 heteroatoms. The molecule has 7 aromatic rings. The molecule has 14 nitrogen and oxygen atoms in total. The monoisotopic (exact) mass is 928 g/mol. The fourth-order valence-corrected chi connectivity index (χ4v) is 9.97. The number of methoxy groups -OCH3 is 1. The molecule has 324 valence electrons. The summed E-state index contributed by atoms with van der Waals surface area (Å²) >= 11 is 0.508. The Morgan fingerprint density at radius 1 is 0.524 bits per heavy atom. The minimum Gasteiger partial charge on any atom is -0.497 e. The van der Waals surface area contributed by atoms with E-state index in [9.17, 15) is 29.8 Å². The van der Waals surface area contributed by atoms with Crippen LogP contribution in [0.1, 0.15) is 11.1 Å². The standard InChI is InChI=1S/C45H36O14S4/c1-30-3-20-39(21-4-30)61(47,48)40-23-18-37(19-24-40)56-36-12-7-32(8-13-36)31-5-10-35(11-6-31)55-29-33-9-22-41(27-44(33)60-59-58-46)62(49,50)42-25-26-43(45(28-42)63(51,52)53)57-38-16-14-34(54-2)15-17-38/h3-28,46H,29H2,1-2H3,(H,51,52,53). The fourth-order valence-electron chi connectivity index (χ4n) is 6.10. The van der Waals surface area contributed by atoms with Gasteiger partial charge < -0.3 is 18.9 Å². The van der Waals surface area contributed by atoms with E-state index in [2.05, 4.69) is 9.37 Å². The molecule has 0 radical (unpaired) electrons. The van der Waals surface area contributed by atoms with Gasteiger partial charge in [-0.05, 0) is 133 Å². The summed E-state index contributed by atoms with van der Waals surface area (Å²) in [7, 11) is -11.6. The first-order valence-electron chi connectivity index (χ1n) is 18.5. The molecule has 0 aliphatic heterocycles. The van der Waals surface area contributed by atoms with Crippen molar-refractivity contribution in [2.75, 3.05) is 7.11 Å². The van der Waals surface area contributed by atoms with Crippen LogP contribution in [0.25, 0.3) is 11.1 Å². The van der Waals surface area contributed by atoms with Crippen molar-refractivity contribution in [1.82, 2.24) is 0 Å². The number of hydrogen-bond donors (Lipinski definition) is 2. The third kappa shape index (κ3) is 10.7. The summed E-state index contributed by atoms with van der Waals surface area (Å²) in [6.45, 7) is 1.83. The zero-order valence-corrected chi connectivity index (χ0v) is 36.4. The van der Waals surface area contributed by atoms with E-state index in [0.29, 0.717) is 40.6 Å². The third-order valence-electron chi connectivity index (χ3n) is 9.43. The van der Waals surface area contributed by atoms with Gasteiger partial charge in [0.2, 0.25) is 19.7 Å². The third-order valence-corrected chi connectivity index (χ3v) is 14.5. The van der Waals surface area contributed by atoms with E-state index < -0.39 is 39.6 Å². The van der Waals surface area contributed by atoms with Crippen LogP contribution in [0.2, 0.25) is 0 Å². The maximum Gasteiger partial charge on any atom is 0.298 e. The number of sulfone groups is 2. The predicted molar refractivity (Wildman–Crippen MR) is 231 cm³/mol. The molecule has 0 fully saturated rings. The van der Waals surface area contributed by atoms with Crippen LogP contribution in [-0.2, 0) is 45.8 Å². The highest BCUT2D eigenvalue weighted by atomic mass is 32.2. The minimum absolute atomic E-state index is 0.0635.